The zero-order chi connectivity index (χ0) is 12.6. The molecule has 3 unspecified atom stereocenters. The first-order chi connectivity index (χ1) is 8.69. The lowest BCUT2D eigenvalue weighted by Gasteiger charge is -2.45. The molecule has 0 spiro atoms. The summed E-state index contributed by atoms with van der Waals surface area (Å²) in [4.78, 5) is 0. The third-order valence-corrected chi connectivity index (χ3v) is 6.95. The molecule has 3 aliphatic carbocycles. The van der Waals surface area contributed by atoms with Gasteiger partial charge in [-0.2, -0.15) is 0 Å². The van der Waals surface area contributed by atoms with Crippen molar-refractivity contribution in [3.05, 3.63) is 0 Å². The van der Waals surface area contributed by atoms with Crippen molar-refractivity contribution in [1.29, 1.82) is 0 Å². The molecule has 18 heavy (non-hydrogen) atoms. The van der Waals surface area contributed by atoms with Crippen LogP contribution in [0, 0.1) is 29.1 Å². The number of hydrogen-bond acceptors (Lipinski definition) is 0. The molecule has 0 nitrogen and oxygen atoms in total. The molecule has 0 aromatic rings. The lowest BCUT2D eigenvalue weighted by molar-refractivity contribution is 0.0409. The Kier molecular flexibility index (Phi) is 3.74. The topological polar surface area (TPSA) is 0 Å². The van der Waals surface area contributed by atoms with E-state index in [-0.39, 0.29) is 0 Å². The summed E-state index contributed by atoms with van der Waals surface area (Å²) >= 11 is 0. The van der Waals surface area contributed by atoms with Gasteiger partial charge in [-0.05, 0) is 61.2 Å². The average Bonchev–Trinajstić information content (AvgIpc) is 2.84. The maximum absolute atomic E-state index is 2.63. The molecular weight excluding hydrogens is 216 g/mol. The van der Waals surface area contributed by atoms with Gasteiger partial charge in [0.1, 0.15) is 0 Å². The van der Waals surface area contributed by atoms with Crippen LogP contribution >= 0.6 is 0 Å². The predicted octanol–water partition coefficient (Wildman–Crippen LogP) is 5.81. The van der Waals surface area contributed by atoms with Crippen LogP contribution in [-0.2, 0) is 0 Å². The fraction of sp³-hybridized carbons (Fsp3) is 1.00. The van der Waals surface area contributed by atoms with E-state index in [1.54, 1.807) is 25.7 Å². The molecule has 0 bridgehead atoms. The Morgan fingerprint density at radius 2 is 1.33 bits per heavy atom. The molecule has 3 aliphatic rings. The van der Waals surface area contributed by atoms with Crippen LogP contribution in [0.4, 0.5) is 0 Å². The Morgan fingerprint density at radius 1 is 0.667 bits per heavy atom. The van der Waals surface area contributed by atoms with Crippen LogP contribution in [-0.4, -0.2) is 0 Å². The molecule has 0 aromatic carbocycles. The van der Waals surface area contributed by atoms with Crippen molar-refractivity contribution in [3.8, 4) is 0 Å². The zero-order valence-electron chi connectivity index (χ0n) is 12.6. The molecule has 0 heteroatoms. The second-order valence-electron chi connectivity index (χ2n) is 8.05. The van der Waals surface area contributed by atoms with Crippen molar-refractivity contribution in [2.45, 2.75) is 84.5 Å². The number of fused-ring (bicyclic) bond motifs is 1. The molecule has 0 heterocycles. The highest BCUT2D eigenvalue weighted by Gasteiger charge is 2.47. The smallest absolute Gasteiger partial charge is 0.0295 e. The van der Waals surface area contributed by atoms with E-state index < -0.39 is 0 Å². The summed E-state index contributed by atoms with van der Waals surface area (Å²) in [7, 11) is 0. The Morgan fingerprint density at radius 3 is 2.11 bits per heavy atom. The molecule has 0 N–H and O–H groups in total. The minimum absolute atomic E-state index is 0.636. The van der Waals surface area contributed by atoms with Crippen molar-refractivity contribution in [1.82, 2.24) is 0 Å². The first-order valence-corrected chi connectivity index (χ1v) is 8.69. The van der Waals surface area contributed by atoms with E-state index >= 15 is 0 Å². The van der Waals surface area contributed by atoms with E-state index in [0.29, 0.717) is 5.41 Å². The minimum Gasteiger partial charge on any atom is -0.0594 e. The molecule has 3 fully saturated rings. The van der Waals surface area contributed by atoms with Crippen LogP contribution in [0.2, 0.25) is 0 Å². The van der Waals surface area contributed by atoms with Gasteiger partial charge >= 0.3 is 0 Å². The molecule has 3 rings (SSSR count). The third kappa shape index (κ3) is 2.25. The molecule has 104 valence electrons. The van der Waals surface area contributed by atoms with Gasteiger partial charge in [0.05, 0.1) is 0 Å². The number of rotatable bonds is 2. The zero-order valence-corrected chi connectivity index (χ0v) is 12.6. The lowest BCUT2D eigenvalue weighted by atomic mass is 9.60. The Hall–Kier alpha value is 0. The fourth-order valence-electron chi connectivity index (χ4n) is 5.81. The standard InChI is InChI=1S/C18H32/c1-18(2,15-9-4-3-5-10-15)17-13-12-14-8-6-7-11-16(14)17/h14-17H,3-13H2,1-2H3. The molecule has 0 amide bonds. The molecule has 3 saturated carbocycles. The summed E-state index contributed by atoms with van der Waals surface area (Å²) in [6, 6.07) is 0. The Labute approximate surface area is 114 Å². The van der Waals surface area contributed by atoms with E-state index in [0.717, 1.165) is 23.7 Å². The summed E-state index contributed by atoms with van der Waals surface area (Å²) in [5, 5.41) is 0. The molecule has 0 radical (unpaired) electrons. The maximum atomic E-state index is 2.63. The summed E-state index contributed by atoms with van der Waals surface area (Å²) in [6.07, 6.45) is 16.9. The summed E-state index contributed by atoms with van der Waals surface area (Å²) < 4.78 is 0. The second kappa shape index (κ2) is 5.17. The first kappa shape index (κ1) is 13.0. The molecule has 0 aliphatic heterocycles. The highest BCUT2D eigenvalue weighted by atomic mass is 14.5. The maximum Gasteiger partial charge on any atom is -0.0295 e. The van der Waals surface area contributed by atoms with Gasteiger partial charge in [-0.3, -0.25) is 0 Å². The molecular formula is C18H32. The third-order valence-electron chi connectivity index (χ3n) is 6.95. The SMILES string of the molecule is CC(C)(C1CCCCC1)C1CCC2CCCCC21. The van der Waals surface area contributed by atoms with Crippen LogP contribution < -0.4 is 0 Å². The van der Waals surface area contributed by atoms with Gasteiger partial charge < -0.3 is 0 Å². The second-order valence-corrected chi connectivity index (χ2v) is 8.05. The van der Waals surface area contributed by atoms with Crippen molar-refractivity contribution in [3.63, 3.8) is 0 Å². The van der Waals surface area contributed by atoms with Crippen molar-refractivity contribution < 1.29 is 0 Å². The van der Waals surface area contributed by atoms with Gasteiger partial charge in [0.15, 0.2) is 0 Å². The quantitative estimate of drug-likeness (QED) is 0.578. The predicted molar refractivity (Wildman–Crippen MR) is 78.5 cm³/mol. The van der Waals surface area contributed by atoms with Crippen molar-refractivity contribution in [2.24, 2.45) is 29.1 Å². The summed E-state index contributed by atoms with van der Waals surface area (Å²) in [6.45, 7) is 5.26. The highest BCUT2D eigenvalue weighted by Crippen LogP contribution is 2.56. The minimum atomic E-state index is 0.636. The molecule has 0 saturated heterocycles. The normalized spacial score (nSPS) is 38.7. The highest BCUT2D eigenvalue weighted by molar-refractivity contribution is 4.97. The van der Waals surface area contributed by atoms with Crippen LogP contribution in [0.25, 0.3) is 0 Å². The fourth-order valence-corrected chi connectivity index (χ4v) is 5.81. The lowest BCUT2D eigenvalue weighted by Crippen LogP contribution is -2.37. The van der Waals surface area contributed by atoms with E-state index in [1.165, 1.54) is 44.9 Å². The van der Waals surface area contributed by atoms with E-state index in [1.807, 2.05) is 0 Å². The van der Waals surface area contributed by atoms with Crippen molar-refractivity contribution in [2.75, 3.05) is 0 Å². The van der Waals surface area contributed by atoms with Crippen LogP contribution in [0.5, 0.6) is 0 Å². The largest absolute Gasteiger partial charge is 0.0594 e. The Bertz CT molecular complexity index is 272. The van der Waals surface area contributed by atoms with Gasteiger partial charge in [0, 0.05) is 0 Å². The van der Waals surface area contributed by atoms with E-state index in [4.69, 9.17) is 0 Å². The van der Waals surface area contributed by atoms with Gasteiger partial charge in [-0.25, -0.2) is 0 Å². The van der Waals surface area contributed by atoms with Crippen LogP contribution in [0.15, 0.2) is 0 Å². The molecule has 0 aromatic heterocycles. The van der Waals surface area contributed by atoms with E-state index in [9.17, 15) is 0 Å². The first-order valence-electron chi connectivity index (χ1n) is 8.69. The Balaban J connectivity index is 1.72. The van der Waals surface area contributed by atoms with Gasteiger partial charge in [-0.1, -0.05) is 52.4 Å². The van der Waals surface area contributed by atoms with Crippen LogP contribution in [0.1, 0.15) is 84.5 Å². The van der Waals surface area contributed by atoms with Crippen molar-refractivity contribution >= 4 is 0 Å². The van der Waals surface area contributed by atoms with Crippen LogP contribution in [0.3, 0.4) is 0 Å². The number of hydrogen-bond donors (Lipinski definition) is 0. The summed E-state index contributed by atoms with van der Waals surface area (Å²) in [5.41, 5.74) is 0.636. The average molecular weight is 248 g/mol. The summed E-state index contributed by atoms with van der Waals surface area (Å²) in [5.74, 6) is 4.32. The van der Waals surface area contributed by atoms with Gasteiger partial charge in [0.25, 0.3) is 0 Å². The van der Waals surface area contributed by atoms with Gasteiger partial charge in [-0.15, -0.1) is 0 Å². The molecule has 3 atom stereocenters. The van der Waals surface area contributed by atoms with E-state index in [2.05, 4.69) is 13.8 Å². The monoisotopic (exact) mass is 248 g/mol. The van der Waals surface area contributed by atoms with Gasteiger partial charge in [0.2, 0.25) is 0 Å².